The molecule has 0 aromatic carbocycles. The molecular formula is C7H10N6S. The molecule has 2 aromatic heterocycles. The van der Waals surface area contributed by atoms with Crippen LogP contribution in [0.25, 0.3) is 0 Å². The van der Waals surface area contributed by atoms with E-state index in [4.69, 9.17) is 5.73 Å². The summed E-state index contributed by atoms with van der Waals surface area (Å²) < 4.78 is 1.55. The van der Waals surface area contributed by atoms with Crippen LogP contribution in [0, 0.1) is 6.92 Å². The van der Waals surface area contributed by atoms with E-state index in [2.05, 4.69) is 20.5 Å². The summed E-state index contributed by atoms with van der Waals surface area (Å²) in [5, 5.41) is 11.9. The fourth-order valence-corrected chi connectivity index (χ4v) is 1.96. The Morgan fingerprint density at radius 1 is 1.57 bits per heavy atom. The van der Waals surface area contributed by atoms with E-state index in [1.165, 1.54) is 4.88 Å². The largest absolute Gasteiger partial charge is 0.367 e. The minimum absolute atomic E-state index is 0.0105. The molecule has 0 fully saturated rings. The average Bonchev–Trinajstić information content (AvgIpc) is 2.73. The van der Waals surface area contributed by atoms with E-state index >= 15 is 0 Å². The van der Waals surface area contributed by atoms with Crippen molar-refractivity contribution in [2.24, 2.45) is 0 Å². The van der Waals surface area contributed by atoms with Gasteiger partial charge in [0.15, 0.2) is 0 Å². The van der Waals surface area contributed by atoms with Gasteiger partial charge in [-0.15, -0.1) is 11.3 Å². The van der Waals surface area contributed by atoms with Crippen LogP contribution in [0.2, 0.25) is 0 Å². The third-order valence-electron chi connectivity index (χ3n) is 1.88. The quantitative estimate of drug-likeness (QED) is 0.786. The van der Waals surface area contributed by atoms with Gasteiger partial charge in [0.1, 0.15) is 11.0 Å². The first-order valence-electron chi connectivity index (χ1n) is 4.14. The number of hydrogen-bond acceptors (Lipinski definition) is 6. The standard InChI is InChI=1S/C7H10N6S/c1-4-3-9-6(14-4)5(2)13-7(8)10-11-12-13/h3,5H,1-2H3,(H2,8,10,12). The van der Waals surface area contributed by atoms with E-state index in [1.54, 1.807) is 16.0 Å². The van der Waals surface area contributed by atoms with E-state index < -0.39 is 0 Å². The number of rotatable bonds is 2. The smallest absolute Gasteiger partial charge is 0.240 e. The van der Waals surface area contributed by atoms with E-state index in [1.807, 2.05) is 20.0 Å². The highest BCUT2D eigenvalue weighted by Crippen LogP contribution is 2.22. The molecule has 14 heavy (non-hydrogen) atoms. The summed E-state index contributed by atoms with van der Waals surface area (Å²) in [5.41, 5.74) is 5.59. The summed E-state index contributed by atoms with van der Waals surface area (Å²) in [4.78, 5) is 5.42. The summed E-state index contributed by atoms with van der Waals surface area (Å²) in [6.07, 6.45) is 1.83. The Kier molecular flexibility index (Phi) is 2.16. The zero-order valence-electron chi connectivity index (χ0n) is 7.88. The van der Waals surface area contributed by atoms with Gasteiger partial charge in [0.25, 0.3) is 0 Å². The zero-order chi connectivity index (χ0) is 10.1. The van der Waals surface area contributed by atoms with Crippen molar-refractivity contribution in [3.63, 3.8) is 0 Å². The maximum Gasteiger partial charge on any atom is 0.240 e. The second-order valence-corrected chi connectivity index (χ2v) is 4.23. The molecular weight excluding hydrogens is 200 g/mol. The highest BCUT2D eigenvalue weighted by Gasteiger charge is 2.15. The molecule has 7 heteroatoms. The Bertz CT molecular complexity index is 433. The first-order valence-corrected chi connectivity index (χ1v) is 4.96. The van der Waals surface area contributed by atoms with Gasteiger partial charge < -0.3 is 5.73 Å². The normalized spacial score (nSPS) is 13.0. The lowest BCUT2D eigenvalue weighted by atomic mass is 10.4. The minimum atomic E-state index is -0.0105. The second-order valence-electron chi connectivity index (χ2n) is 2.97. The Labute approximate surface area is 84.8 Å². The van der Waals surface area contributed by atoms with Gasteiger partial charge in [-0.25, -0.2) is 9.67 Å². The monoisotopic (exact) mass is 210 g/mol. The molecule has 2 N–H and O–H groups in total. The molecule has 6 nitrogen and oxygen atoms in total. The van der Waals surface area contributed by atoms with Crippen molar-refractivity contribution in [1.82, 2.24) is 25.2 Å². The molecule has 1 atom stereocenters. The highest BCUT2D eigenvalue weighted by atomic mass is 32.1. The molecule has 0 aliphatic rings. The van der Waals surface area contributed by atoms with Crippen molar-refractivity contribution in [2.75, 3.05) is 5.73 Å². The molecule has 2 heterocycles. The summed E-state index contributed by atoms with van der Waals surface area (Å²) >= 11 is 1.62. The number of nitrogens with two attached hydrogens (primary N) is 1. The molecule has 0 amide bonds. The number of aryl methyl sites for hydroxylation is 1. The lowest BCUT2D eigenvalue weighted by molar-refractivity contribution is 0.547. The van der Waals surface area contributed by atoms with Crippen LogP contribution in [0.15, 0.2) is 6.20 Å². The molecule has 2 aromatic rings. The Morgan fingerprint density at radius 2 is 2.36 bits per heavy atom. The fourth-order valence-electron chi connectivity index (χ4n) is 1.15. The van der Waals surface area contributed by atoms with Gasteiger partial charge in [0.2, 0.25) is 5.95 Å². The van der Waals surface area contributed by atoms with Crippen molar-refractivity contribution in [2.45, 2.75) is 19.9 Å². The van der Waals surface area contributed by atoms with Gasteiger partial charge in [-0.3, -0.25) is 0 Å². The Balaban J connectivity index is 2.33. The van der Waals surface area contributed by atoms with Crippen LogP contribution in [0.3, 0.4) is 0 Å². The van der Waals surface area contributed by atoms with Crippen LogP contribution in [-0.2, 0) is 0 Å². The lowest BCUT2D eigenvalue weighted by Gasteiger charge is -2.07. The molecule has 0 bridgehead atoms. The lowest BCUT2D eigenvalue weighted by Crippen LogP contribution is -2.11. The molecule has 0 aliphatic heterocycles. The number of thiazole rings is 1. The van der Waals surface area contributed by atoms with Crippen molar-refractivity contribution in [1.29, 1.82) is 0 Å². The summed E-state index contributed by atoms with van der Waals surface area (Å²) in [5.74, 6) is 0.311. The van der Waals surface area contributed by atoms with Crippen LogP contribution in [0.4, 0.5) is 5.95 Å². The van der Waals surface area contributed by atoms with Crippen LogP contribution >= 0.6 is 11.3 Å². The number of nitrogen functional groups attached to an aromatic ring is 1. The SMILES string of the molecule is Cc1cnc(C(C)n2nnnc2N)s1. The third kappa shape index (κ3) is 1.46. The van der Waals surface area contributed by atoms with E-state index in [-0.39, 0.29) is 6.04 Å². The molecule has 0 spiro atoms. The van der Waals surface area contributed by atoms with E-state index in [9.17, 15) is 0 Å². The second kappa shape index (κ2) is 3.33. The summed E-state index contributed by atoms with van der Waals surface area (Å²) in [7, 11) is 0. The topological polar surface area (TPSA) is 82.5 Å². The Hall–Kier alpha value is -1.50. The predicted molar refractivity (Wildman–Crippen MR) is 52.9 cm³/mol. The van der Waals surface area contributed by atoms with Crippen molar-refractivity contribution in [3.05, 3.63) is 16.1 Å². The van der Waals surface area contributed by atoms with E-state index in [0.717, 1.165) is 5.01 Å². The van der Waals surface area contributed by atoms with Crippen LogP contribution in [-0.4, -0.2) is 25.2 Å². The van der Waals surface area contributed by atoms with Gasteiger partial charge >= 0.3 is 0 Å². The molecule has 0 saturated heterocycles. The van der Waals surface area contributed by atoms with E-state index in [0.29, 0.717) is 5.95 Å². The zero-order valence-corrected chi connectivity index (χ0v) is 8.69. The fraction of sp³-hybridized carbons (Fsp3) is 0.429. The Morgan fingerprint density at radius 3 is 2.86 bits per heavy atom. The maximum atomic E-state index is 5.59. The summed E-state index contributed by atoms with van der Waals surface area (Å²) in [6, 6.07) is -0.0105. The number of hydrogen-bond donors (Lipinski definition) is 1. The molecule has 2 rings (SSSR count). The highest BCUT2D eigenvalue weighted by molar-refractivity contribution is 7.11. The van der Waals surface area contributed by atoms with Crippen molar-refractivity contribution >= 4 is 17.3 Å². The number of tetrazole rings is 1. The number of aromatic nitrogens is 5. The van der Waals surface area contributed by atoms with Crippen LogP contribution in [0.1, 0.15) is 22.9 Å². The van der Waals surface area contributed by atoms with Gasteiger partial charge in [-0.2, -0.15) is 0 Å². The van der Waals surface area contributed by atoms with Crippen LogP contribution < -0.4 is 5.73 Å². The number of nitrogens with zero attached hydrogens (tertiary/aromatic N) is 5. The average molecular weight is 210 g/mol. The van der Waals surface area contributed by atoms with Gasteiger partial charge in [0.05, 0.1) is 0 Å². The van der Waals surface area contributed by atoms with Crippen molar-refractivity contribution < 1.29 is 0 Å². The molecule has 1 unspecified atom stereocenters. The summed E-state index contributed by atoms with van der Waals surface area (Å²) in [6.45, 7) is 3.97. The molecule has 0 saturated carbocycles. The molecule has 0 aliphatic carbocycles. The van der Waals surface area contributed by atoms with Gasteiger partial charge in [0, 0.05) is 11.1 Å². The first-order chi connectivity index (χ1) is 6.68. The maximum absolute atomic E-state index is 5.59. The number of anilines is 1. The van der Waals surface area contributed by atoms with Crippen LogP contribution in [0.5, 0.6) is 0 Å². The minimum Gasteiger partial charge on any atom is -0.367 e. The first kappa shape index (κ1) is 9.07. The van der Waals surface area contributed by atoms with Gasteiger partial charge in [-0.05, 0) is 24.3 Å². The predicted octanol–water partition coefficient (Wildman–Crippen LogP) is 0.630. The molecule has 74 valence electrons. The third-order valence-corrected chi connectivity index (χ3v) is 2.96. The van der Waals surface area contributed by atoms with Gasteiger partial charge in [-0.1, -0.05) is 5.10 Å². The van der Waals surface area contributed by atoms with Crippen molar-refractivity contribution in [3.8, 4) is 0 Å². The molecule has 0 radical (unpaired) electrons.